The predicted molar refractivity (Wildman–Crippen MR) is 69.2 cm³/mol. The minimum Gasteiger partial charge on any atom is -0.504 e. The molecule has 0 radical (unpaired) electrons. The van der Waals surface area contributed by atoms with Gasteiger partial charge in [-0.2, -0.15) is 0 Å². The van der Waals surface area contributed by atoms with E-state index in [2.05, 4.69) is 0 Å². The number of carbonyl (C=O) groups excluding carboxylic acids is 1. The van der Waals surface area contributed by atoms with Crippen molar-refractivity contribution in [1.82, 2.24) is 0 Å². The third kappa shape index (κ3) is 3.10. The fraction of sp³-hybridized carbons (Fsp3) is 0.133. The smallest absolute Gasteiger partial charge is 0.168 e. The van der Waals surface area contributed by atoms with Gasteiger partial charge >= 0.3 is 0 Å². The van der Waals surface area contributed by atoms with E-state index in [0.717, 1.165) is 17.4 Å². The van der Waals surface area contributed by atoms with Crippen LogP contribution in [0.25, 0.3) is 5.76 Å². The topological polar surface area (TPSA) is 50.4 Å². The summed E-state index contributed by atoms with van der Waals surface area (Å²) in [7, 11) is 0. The number of hydrogen-bond acceptors (Lipinski definition) is 3. The first-order chi connectivity index (χ1) is 8.65. The molecular formula is C15H14O3. The number of hydrogen-bond donors (Lipinski definition) is 1. The first-order valence-corrected chi connectivity index (χ1v) is 5.69. The van der Waals surface area contributed by atoms with Gasteiger partial charge in [-0.05, 0) is 24.6 Å². The predicted octanol–water partition coefficient (Wildman–Crippen LogP) is 3.36. The quantitative estimate of drug-likeness (QED) is 0.660. The van der Waals surface area contributed by atoms with E-state index in [1.807, 2.05) is 30.3 Å². The minimum absolute atomic E-state index is 0.137. The molecule has 18 heavy (non-hydrogen) atoms. The Hall–Kier alpha value is -2.29. The number of allylic oxidation sites excluding steroid dienone is 1. The van der Waals surface area contributed by atoms with Crippen LogP contribution in [0.4, 0.5) is 0 Å². The van der Waals surface area contributed by atoms with E-state index in [-0.39, 0.29) is 11.5 Å². The molecule has 1 aromatic heterocycles. The van der Waals surface area contributed by atoms with Crippen LogP contribution in [-0.2, 0) is 11.2 Å². The van der Waals surface area contributed by atoms with Gasteiger partial charge in [-0.25, -0.2) is 0 Å². The van der Waals surface area contributed by atoms with Crippen LogP contribution in [-0.4, -0.2) is 10.9 Å². The number of aliphatic hydroxyl groups is 1. The summed E-state index contributed by atoms with van der Waals surface area (Å²) >= 11 is 0. The second kappa shape index (κ2) is 5.36. The van der Waals surface area contributed by atoms with Crippen LogP contribution in [0.5, 0.6) is 0 Å². The third-order valence-corrected chi connectivity index (χ3v) is 2.48. The van der Waals surface area contributed by atoms with E-state index in [1.165, 1.54) is 6.92 Å². The lowest BCUT2D eigenvalue weighted by Gasteiger charge is -1.98. The van der Waals surface area contributed by atoms with E-state index in [4.69, 9.17) is 4.42 Å². The Morgan fingerprint density at radius 3 is 2.61 bits per heavy atom. The van der Waals surface area contributed by atoms with E-state index in [0.29, 0.717) is 12.2 Å². The molecule has 2 rings (SSSR count). The molecule has 0 bridgehead atoms. The SMILES string of the molecule is CC(=O)C=C(O)c1ccc(Cc2ccccc2)o1. The summed E-state index contributed by atoms with van der Waals surface area (Å²) in [5, 5.41) is 9.62. The molecule has 1 heterocycles. The molecule has 1 aromatic carbocycles. The van der Waals surface area contributed by atoms with Crippen molar-refractivity contribution in [2.75, 3.05) is 0 Å². The van der Waals surface area contributed by atoms with E-state index in [9.17, 15) is 9.90 Å². The van der Waals surface area contributed by atoms with Gasteiger partial charge in [-0.15, -0.1) is 0 Å². The van der Waals surface area contributed by atoms with Gasteiger partial charge in [0.15, 0.2) is 17.3 Å². The molecule has 0 aliphatic heterocycles. The zero-order valence-corrected chi connectivity index (χ0v) is 10.1. The van der Waals surface area contributed by atoms with Crippen LogP contribution in [0.3, 0.4) is 0 Å². The molecule has 0 amide bonds. The van der Waals surface area contributed by atoms with E-state index < -0.39 is 0 Å². The molecule has 0 aliphatic carbocycles. The Kier molecular flexibility index (Phi) is 3.63. The molecule has 92 valence electrons. The fourth-order valence-corrected chi connectivity index (χ4v) is 1.67. The zero-order chi connectivity index (χ0) is 13.0. The lowest BCUT2D eigenvalue weighted by atomic mass is 10.1. The molecule has 0 fully saturated rings. The van der Waals surface area contributed by atoms with Gasteiger partial charge in [0.25, 0.3) is 0 Å². The van der Waals surface area contributed by atoms with Crippen LogP contribution >= 0.6 is 0 Å². The number of ketones is 1. The molecule has 1 N–H and O–H groups in total. The Bertz CT molecular complexity index is 564. The summed E-state index contributed by atoms with van der Waals surface area (Å²) in [6.07, 6.45) is 1.80. The molecule has 3 nitrogen and oxygen atoms in total. The van der Waals surface area contributed by atoms with Gasteiger partial charge in [0.05, 0.1) is 0 Å². The van der Waals surface area contributed by atoms with Crippen LogP contribution in [0.15, 0.2) is 53.0 Å². The van der Waals surface area contributed by atoms with Crippen molar-refractivity contribution in [3.05, 3.63) is 65.6 Å². The second-order valence-corrected chi connectivity index (χ2v) is 4.07. The molecule has 0 atom stereocenters. The minimum atomic E-state index is -0.214. The molecule has 0 saturated heterocycles. The van der Waals surface area contributed by atoms with Crippen molar-refractivity contribution in [1.29, 1.82) is 0 Å². The highest BCUT2D eigenvalue weighted by Gasteiger charge is 2.07. The lowest BCUT2D eigenvalue weighted by molar-refractivity contribution is -0.112. The number of carbonyl (C=O) groups is 1. The first-order valence-electron chi connectivity index (χ1n) is 5.69. The van der Waals surface area contributed by atoms with Gasteiger partial charge in [0, 0.05) is 12.5 Å². The number of rotatable bonds is 4. The van der Waals surface area contributed by atoms with Crippen molar-refractivity contribution in [3.8, 4) is 0 Å². The summed E-state index contributed by atoms with van der Waals surface area (Å²) in [6, 6.07) is 13.4. The van der Waals surface area contributed by atoms with Crippen LogP contribution in [0.2, 0.25) is 0 Å². The van der Waals surface area contributed by atoms with Gasteiger partial charge in [-0.3, -0.25) is 4.79 Å². The lowest BCUT2D eigenvalue weighted by Crippen LogP contribution is -1.87. The normalized spacial score (nSPS) is 11.5. The standard InChI is InChI=1S/C15H14O3/c1-11(16)9-14(17)15-8-7-13(18-15)10-12-5-3-2-4-6-12/h2-9,17H,10H2,1H3. The summed E-state index contributed by atoms with van der Waals surface area (Å²) in [4.78, 5) is 10.8. The largest absolute Gasteiger partial charge is 0.504 e. The average Bonchev–Trinajstić information content (AvgIpc) is 2.78. The van der Waals surface area contributed by atoms with Crippen LogP contribution in [0.1, 0.15) is 24.0 Å². The highest BCUT2D eigenvalue weighted by molar-refractivity contribution is 5.92. The summed E-state index contributed by atoms with van der Waals surface area (Å²) in [5.74, 6) is 0.714. The van der Waals surface area contributed by atoms with Crippen LogP contribution in [0, 0.1) is 0 Å². The monoisotopic (exact) mass is 242 g/mol. The van der Waals surface area contributed by atoms with Crippen molar-refractivity contribution in [2.24, 2.45) is 0 Å². The van der Waals surface area contributed by atoms with Crippen molar-refractivity contribution in [3.63, 3.8) is 0 Å². The summed E-state index contributed by atoms with van der Waals surface area (Å²) < 4.78 is 5.48. The summed E-state index contributed by atoms with van der Waals surface area (Å²) in [6.45, 7) is 1.38. The molecular weight excluding hydrogens is 228 g/mol. The third-order valence-electron chi connectivity index (χ3n) is 2.48. The average molecular weight is 242 g/mol. The molecule has 0 spiro atoms. The molecule has 0 unspecified atom stereocenters. The maximum Gasteiger partial charge on any atom is 0.168 e. The first kappa shape index (κ1) is 12.2. The summed E-state index contributed by atoms with van der Waals surface area (Å²) in [5.41, 5.74) is 1.13. The van der Waals surface area contributed by atoms with Crippen molar-refractivity contribution >= 4 is 11.5 Å². The number of benzene rings is 1. The maximum absolute atomic E-state index is 10.8. The van der Waals surface area contributed by atoms with Crippen molar-refractivity contribution < 1.29 is 14.3 Å². The van der Waals surface area contributed by atoms with Gasteiger partial charge in [0.2, 0.25) is 0 Å². The van der Waals surface area contributed by atoms with E-state index in [1.54, 1.807) is 12.1 Å². The van der Waals surface area contributed by atoms with Gasteiger partial charge in [0.1, 0.15) is 5.76 Å². The number of furan rings is 1. The van der Waals surface area contributed by atoms with Crippen LogP contribution < -0.4 is 0 Å². The number of aliphatic hydroxyl groups excluding tert-OH is 1. The Balaban J connectivity index is 2.14. The molecule has 3 heteroatoms. The maximum atomic E-state index is 10.8. The molecule has 2 aromatic rings. The van der Waals surface area contributed by atoms with Crippen molar-refractivity contribution in [2.45, 2.75) is 13.3 Å². The Morgan fingerprint density at radius 2 is 1.94 bits per heavy atom. The van der Waals surface area contributed by atoms with E-state index >= 15 is 0 Å². The van der Waals surface area contributed by atoms with Gasteiger partial charge in [-0.1, -0.05) is 30.3 Å². The van der Waals surface area contributed by atoms with Gasteiger partial charge < -0.3 is 9.52 Å². The Labute approximate surface area is 105 Å². The molecule has 0 aliphatic rings. The molecule has 0 saturated carbocycles. The second-order valence-electron chi connectivity index (χ2n) is 4.07. The highest BCUT2D eigenvalue weighted by atomic mass is 16.4. The highest BCUT2D eigenvalue weighted by Crippen LogP contribution is 2.18. The Morgan fingerprint density at radius 1 is 1.22 bits per heavy atom. The fourth-order valence-electron chi connectivity index (χ4n) is 1.67. The zero-order valence-electron chi connectivity index (χ0n) is 10.1.